The summed E-state index contributed by atoms with van der Waals surface area (Å²) >= 11 is 0. The van der Waals surface area contributed by atoms with Crippen LogP contribution in [0, 0.1) is 5.92 Å². The molecule has 1 aromatic rings. The first-order chi connectivity index (χ1) is 8.79. The average molecular weight is 249 g/mol. The molecule has 1 aliphatic heterocycles. The number of fused-ring (bicyclic) bond motifs is 1. The van der Waals surface area contributed by atoms with E-state index in [0.717, 1.165) is 31.0 Å². The second-order valence-electron chi connectivity index (χ2n) is 4.99. The monoisotopic (exact) mass is 249 g/mol. The minimum Gasteiger partial charge on any atom is -0.486 e. The summed E-state index contributed by atoms with van der Waals surface area (Å²) in [5, 5.41) is 3.46. The van der Waals surface area contributed by atoms with Crippen LogP contribution in [0.5, 0.6) is 11.5 Å². The molecule has 0 bridgehead atoms. The summed E-state index contributed by atoms with van der Waals surface area (Å²) in [6, 6.07) is 6.28. The Bertz CT molecular complexity index is 379. The molecule has 0 radical (unpaired) electrons. The zero-order chi connectivity index (χ0) is 12.8. The topological polar surface area (TPSA) is 30.5 Å². The van der Waals surface area contributed by atoms with E-state index in [1.54, 1.807) is 0 Å². The normalized spacial score (nSPS) is 15.4. The molecule has 0 aromatic heterocycles. The Balaban J connectivity index is 1.89. The smallest absolute Gasteiger partial charge is 0.161 e. The van der Waals surface area contributed by atoms with Crippen molar-refractivity contribution in [2.75, 3.05) is 26.3 Å². The number of hydrogen-bond acceptors (Lipinski definition) is 3. The van der Waals surface area contributed by atoms with E-state index in [0.29, 0.717) is 19.1 Å². The van der Waals surface area contributed by atoms with Gasteiger partial charge in [-0.1, -0.05) is 19.9 Å². The van der Waals surface area contributed by atoms with Gasteiger partial charge in [-0.3, -0.25) is 0 Å². The summed E-state index contributed by atoms with van der Waals surface area (Å²) in [5.74, 6) is 2.41. The first-order valence-corrected chi connectivity index (χ1v) is 6.89. The highest BCUT2D eigenvalue weighted by atomic mass is 16.6. The van der Waals surface area contributed by atoms with Crippen molar-refractivity contribution < 1.29 is 9.47 Å². The van der Waals surface area contributed by atoms with Crippen LogP contribution in [-0.4, -0.2) is 26.3 Å². The lowest BCUT2D eigenvalue weighted by molar-refractivity contribution is 0.171. The van der Waals surface area contributed by atoms with Crippen molar-refractivity contribution in [3.63, 3.8) is 0 Å². The molecule has 1 N–H and O–H groups in total. The molecule has 1 atom stereocenters. The first kappa shape index (κ1) is 13.2. The van der Waals surface area contributed by atoms with Crippen molar-refractivity contribution in [2.45, 2.75) is 26.7 Å². The number of hydrogen-bond donors (Lipinski definition) is 1. The molecular weight excluding hydrogens is 226 g/mol. The van der Waals surface area contributed by atoms with Gasteiger partial charge in [-0.2, -0.15) is 0 Å². The molecule has 100 valence electrons. The van der Waals surface area contributed by atoms with Gasteiger partial charge in [0.05, 0.1) is 0 Å². The fourth-order valence-electron chi connectivity index (χ4n) is 2.21. The first-order valence-electron chi connectivity index (χ1n) is 6.89. The third-order valence-electron chi connectivity index (χ3n) is 3.11. The van der Waals surface area contributed by atoms with Gasteiger partial charge in [0.25, 0.3) is 0 Å². The van der Waals surface area contributed by atoms with E-state index in [9.17, 15) is 0 Å². The number of benzene rings is 1. The number of ether oxygens (including phenoxy) is 2. The van der Waals surface area contributed by atoms with Crippen LogP contribution >= 0.6 is 0 Å². The summed E-state index contributed by atoms with van der Waals surface area (Å²) in [6.45, 7) is 7.96. The van der Waals surface area contributed by atoms with Crippen LogP contribution in [0.3, 0.4) is 0 Å². The lowest BCUT2D eigenvalue weighted by atomic mass is 10.0. The van der Waals surface area contributed by atoms with Crippen LogP contribution in [0.2, 0.25) is 0 Å². The maximum Gasteiger partial charge on any atom is 0.161 e. The molecule has 3 nitrogen and oxygen atoms in total. The van der Waals surface area contributed by atoms with Crippen molar-refractivity contribution in [3.05, 3.63) is 23.8 Å². The average Bonchev–Trinajstić information content (AvgIpc) is 2.39. The van der Waals surface area contributed by atoms with E-state index >= 15 is 0 Å². The Hall–Kier alpha value is -1.22. The number of nitrogens with one attached hydrogen (secondary N) is 1. The molecular formula is C15H23NO2. The lowest BCUT2D eigenvalue weighted by Crippen LogP contribution is -2.23. The summed E-state index contributed by atoms with van der Waals surface area (Å²) in [7, 11) is 0. The molecule has 18 heavy (non-hydrogen) atoms. The van der Waals surface area contributed by atoms with Crippen molar-refractivity contribution in [1.82, 2.24) is 5.32 Å². The molecule has 0 saturated heterocycles. The van der Waals surface area contributed by atoms with Gasteiger partial charge in [0.1, 0.15) is 13.2 Å². The summed E-state index contributed by atoms with van der Waals surface area (Å²) < 4.78 is 11.1. The van der Waals surface area contributed by atoms with Crippen molar-refractivity contribution >= 4 is 0 Å². The zero-order valence-electron chi connectivity index (χ0n) is 11.4. The fourth-order valence-corrected chi connectivity index (χ4v) is 2.21. The van der Waals surface area contributed by atoms with Crippen LogP contribution in [0.25, 0.3) is 0 Å². The molecule has 0 spiro atoms. The Labute approximate surface area is 109 Å². The van der Waals surface area contributed by atoms with E-state index in [1.807, 2.05) is 6.07 Å². The molecule has 2 rings (SSSR count). The third kappa shape index (κ3) is 3.64. The third-order valence-corrected chi connectivity index (χ3v) is 3.11. The van der Waals surface area contributed by atoms with Crippen molar-refractivity contribution in [1.29, 1.82) is 0 Å². The molecule has 0 aliphatic carbocycles. The highest BCUT2D eigenvalue weighted by Gasteiger charge is 2.12. The number of rotatable bonds is 6. The molecule has 1 unspecified atom stereocenters. The maximum atomic E-state index is 5.60. The minimum atomic E-state index is 0.638. The molecule has 3 heteroatoms. The highest BCUT2D eigenvalue weighted by molar-refractivity contribution is 5.43. The molecule has 1 aliphatic rings. The Morgan fingerprint density at radius 2 is 2.00 bits per heavy atom. The van der Waals surface area contributed by atoms with Crippen LogP contribution in [0.4, 0.5) is 0 Å². The summed E-state index contributed by atoms with van der Waals surface area (Å²) in [6.07, 6.45) is 2.27. The van der Waals surface area contributed by atoms with E-state index < -0.39 is 0 Å². The quantitative estimate of drug-likeness (QED) is 0.786. The predicted octanol–water partition coefficient (Wildman–Crippen LogP) is 2.64. The van der Waals surface area contributed by atoms with Crippen LogP contribution in [0.15, 0.2) is 18.2 Å². The second kappa shape index (κ2) is 6.64. The van der Waals surface area contributed by atoms with Gasteiger partial charge in [0.2, 0.25) is 0 Å². The van der Waals surface area contributed by atoms with Gasteiger partial charge >= 0.3 is 0 Å². The van der Waals surface area contributed by atoms with E-state index in [1.165, 1.54) is 12.0 Å². The lowest BCUT2D eigenvalue weighted by Gasteiger charge is -2.19. The second-order valence-corrected chi connectivity index (χ2v) is 4.99. The Kier molecular flexibility index (Phi) is 4.88. The van der Waals surface area contributed by atoms with E-state index in [4.69, 9.17) is 9.47 Å². The van der Waals surface area contributed by atoms with Gasteiger partial charge in [0.15, 0.2) is 11.5 Å². The van der Waals surface area contributed by atoms with Gasteiger partial charge in [0, 0.05) is 0 Å². The van der Waals surface area contributed by atoms with Crippen molar-refractivity contribution in [2.24, 2.45) is 5.92 Å². The Morgan fingerprint density at radius 3 is 2.78 bits per heavy atom. The van der Waals surface area contributed by atoms with Crippen LogP contribution in [0.1, 0.15) is 25.8 Å². The van der Waals surface area contributed by atoms with Gasteiger partial charge < -0.3 is 14.8 Å². The van der Waals surface area contributed by atoms with E-state index in [-0.39, 0.29) is 0 Å². The van der Waals surface area contributed by atoms with Crippen LogP contribution in [-0.2, 0) is 6.42 Å². The van der Waals surface area contributed by atoms with Gasteiger partial charge in [-0.05, 0) is 49.5 Å². The molecule has 0 amide bonds. The summed E-state index contributed by atoms with van der Waals surface area (Å²) in [5.41, 5.74) is 1.32. The molecule has 1 aromatic carbocycles. The standard InChI is InChI=1S/C15H23NO2/c1-3-6-16-11-12(2)9-13-4-5-14-15(10-13)18-8-7-17-14/h4-5,10,12,16H,3,6-9,11H2,1-2H3. The van der Waals surface area contributed by atoms with E-state index in [2.05, 4.69) is 31.3 Å². The molecule has 1 heterocycles. The van der Waals surface area contributed by atoms with Crippen molar-refractivity contribution in [3.8, 4) is 11.5 Å². The zero-order valence-corrected chi connectivity index (χ0v) is 11.4. The SMILES string of the molecule is CCCNCC(C)Cc1ccc2c(c1)OCCO2. The minimum absolute atomic E-state index is 0.638. The summed E-state index contributed by atoms with van der Waals surface area (Å²) in [4.78, 5) is 0. The molecule has 0 fully saturated rings. The molecule has 0 saturated carbocycles. The van der Waals surface area contributed by atoms with Crippen LogP contribution < -0.4 is 14.8 Å². The fraction of sp³-hybridized carbons (Fsp3) is 0.600. The Morgan fingerprint density at radius 1 is 1.22 bits per heavy atom. The largest absolute Gasteiger partial charge is 0.486 e. The highest BCUT2D eigenvalue weighted by Crippen LogP contribution is 2.31. The van der Waals surface area contributed by atoms with Gasteiger partial charge in [-0.25, -0.2) is 0 Å². The van der Waals surface area contributed by atoms with Gasteiger partial charge in [-0.15, -0.1) is 0 Å². The predicted molar refractivity (Wildman–Crippen MR) is 73.5 cm³/mol. The maximum absolute atomic E-state index is 5.60.